The Balaban J connectivity index is 1.51. The molecule has 0 amide bonds. The normalized spacial score (nSPS) is 16.3. The Labute approximate surface area is 188 Å². The molecule has 8 nitrogen and oxygen atoms in total. The molecule has 0 aliphatic carbocycles. The van der Waals surface area contributed by atoms with Gasteiger partial charge in [-0.3, -0.25) is 4.98 Å². The van der Waals surface area contributed by atoms with Gasteiger partial charge in [0.05, 0.1) is 23.6 Å². The van der Waals surface area contributed by atoms with Gasteiger partial charge in [0.2, 0.25) is 5.95 Å². The van der Waals surface area contributed by atoms with E-state index in [0.29, 0.717) is 23.6 Å². The molecule has 0 N–H and O–H groups in total. The summed E-state index contributed by atoms with van der Waals surface area (Å²) in [4.78, 5) is 7.94. The predicted molar refractivity (Wildman–Crippen MR) is 120 cm³/mol. The SMILES string of the molecule is Fc1ncccc1-c1ccc2c(c1)c(-c1cn(-c3cccnc3)nn1)nn2C1CCCCO1. The molecule has 1 aliphatic heterocycles. The third-order valence-corrected chi connectivity index (χ3v) is 5.85. The number of rotatable bonds is 4. The van der Waals surface area contributed by atoms with Crippen molar-refractivity contribution in [2.75, 3.05) is 6.61 Å². The van der Waals surface area contributed by atoms with Gasteiger partial charge in [0, 0.05) is 30.0 Å². The van der Waals surface area contributed by atoms with E-state index < -0.39 is 5.95 Å². The molecule has 33 heavy (non-hydrogen) atoms. The van der Waals surface area contributed by atoms with Crippen molar-refractivity contribution in [3.05, 3.63) is 73.2 Å². The molecule has 4 aromatic heterocycles. The zero-order valence-electron chi connectivity index (χ0n) is 17.7. The minimum Gasteiger partial charge on any atom is -0.356 e. The highest BCUT2D eigenvalue weighted by Crippen LogP contribution is 2.35. The Hall–Kier alpha value is -3.98. The van der Waals surface area contributed by atoms with Crippen molar-refractivity contribution < 1.29 is 9.13 Å². The van der Waals surface area contributed by atoms with E-state index in [1.165, 1.54) is 6.20 Å². The van der Waals surface area contributed by atoms with Crippen LogP contribution in [0.4, 0.5) is 4.39 Å². The van der Waals surface area contributed by atoms with Gasteiger partial charge in [-0.1, -0.05) is 11.3 Å². The van der Waals surface area contributed by atoms with Crippen molar-refractivity contribution in [1.29, 1.82) is 0 Å². The monoisotopic (exact) mass is 441 g/mol. The van der Waals surface area contributed by atoms with E-state index in [-0.39, 0.29) is 6.23 Å². The molecular weight excluding hydrogens is 421 g/mol. The second kappa shape index (κ2) is 8.18. The topological polar surface area (TPSA) is 83.5 Å². The number of fused-ring (bicyclic) bond motifs is 1. The lowest BCUT2D eigenvalue weighted by Gasteiger charge is -2.23. The number of hydrogen-bond donors (Lipinski definition) is 0. The lowest BCUT2D eigenvalue weighted by molar-refractivity contribution is -0.0365. The lowest BCUT2D eigenvalue weighted by atomic mass is 10.0. The van der Waals surface area contributed by atoms with Gasteiger partial charge in [0.25, 0.3) is 0 Å². The van der Waals surface area contributed by atoms with E-state index in [4.69, 9.17) is 9.84 Å². The molecule has 164 valence electrons. The van der Waals surface area contributed by atoms with Crippen LogP contribution in [0.2, 0.25) is 0 Å². The molecule has 1 fully saturated rings. The fourth-order valence-corrected chi connectivity index (χ4v) is 4.22. The van der Waals surface area contributed by atoms with Crippen LogP contribution >= 0.6 is 0 Å². The molecule has 0 spiro atoms. The van der Waals surface area contributed by atoms with Crippen molar-refractivity contribution in [3.8, 4) is 28.2 Å². The Kier molecular flexibility index (Phi) is 4.88. The molecule has 1 aromatic carbocycles. The number of ether oxygens (including phenoxy) is 1. The molecular formula is C24H20FN7O. The van der Waals surface area contributed by atoms with Crippen molar-refractivity contribution in [1.82, 2.24) is 34.7 Å². The first-order chi connectivity index (χ1) is 16.3. The van der Waals surface area contributed by atoms with Crippen molar-refractivity contribution in [2.45, 2.75) is 25.5 Å². The highest BCUT2D eigenvalue weighted by atomic mass is 19.1. The van der Waals surface area contributed by atoms with Crippen LogP contribution in [0, 0.1) is 5.95 Å². The molecule has 0 bridgehead atoms. The van der Waals surface area contributed by atoms with Crippen molar-refractivity contribution in [3.63, 3.8) is 0 Å². The smallest absolute Gasteiger partial charge is 0.220 e. The maximum absolute atomic E-state index is 14.4. The van der Waals surface area contributed by atoms with Gasteiger partial charge in [-0.05, 0) is 61.2 Å². The van der Waals surface area contributed by atoms with Gasteiger partial charge in [-0.25, -0.2) is 14.3 Å². The van der Waals surface area contributed by atoms with Crippen LogP contribution in [0.3, 0.4) is 0 Å². The molecule has 1 aliphatic rings. The standard InChI is InChI=1S/C24H20FN7O/c25-24-18(6-4-11-27-24)16-8-9-21-19(13-16)23(29-32(21)22-7-1-2-12-33-22)20-15-31(30-28-20)17-5-3-10-26-14-17/h3-6,8-11,13-15,22H,1-2,7,12H2. The van der Waals surface area contributed by atoms with Gasteiger partial charge < -0.3 is 4.74 Å². The molecule has 0 saturated carbocycles. The number of nitrogens with zero attached hydrogens (tertiary/aromatic N) is 7. The summed E-state index contributed by atoms with van der Waals surface area (Å²) in [5, 5.41) is 14.4. The van der Waals surface area contributed by atoms with Gasteiger partial charge in [-0.15, -0.1) is 5.10 Å². The lowest BCUT2D eigenvalue weighted by Crippen LogP contribution is -2.19. The first-order valence-corrected chi connectivity index (χ1v) is 10.9. The second-order valence-corrected chi connectivity index (χ2v) is 7.95. The summed E-state index contributed by atoms with van der Waals surface area (Å²) >= 11 is 0. The molecule has 1 atom stereocenters. The highest BCUT2D eigenvalue weighted by molar-refractivity contribution is 5.95. The molecule has 1 unspecified atom stereocenters. The van der Waals surface area contributed by atoms with Crippen molar-refractivity contribution >= 4 is 10.9 Å². The number of aromatic nitrogens is 7. The Bertz CT molecular complexity index is 1420. The van der Waals surface area contributed by atoms with Crippen LogP contribution in [0.15, 0.2) is 67.3 Å². The maximum Gasteiger partial charge on any atom is 0.220 e. The summed E-state index contributed by atoms with van der Waals surface area (Å²) in [7, 11) is 0. The Morgan fingerprint density at radius 3 is 2.82 bits per heavy atom. The van der Waals surface area contributed by atoms with E-state index in [2.05, 4.69) is 20.3 Å². The largest absolute Gasteiger partial charge is 0.356 e. The van der Waals surface area contributed by atoms with E-state index >= 15 is 0 Å². The molecule has 0 radical (unpaired) electrons. The van der Waals surface area contributed by atoms with Crippen LogP contribution in [0.25, 0.3) is 39.1 Å². The Morgan fingerprint density at radius 1 is 1.06 bits per heavy atom. The summed E-state index contributed by atoms with van der Waals surface area (Å²) in [6, 6.07) is 13.0. The quantitative estimate of drug-likeness (QED) is 0.380. The number of halogens is 1. The fourth-order valence-electron chi connectivity index (χ4n) is 4.22. The number of pyridine rings is 2. The molecule has 5 aromatic rings. The minimum atomic E-state index is -0.510. The average molecular weight is 441 g/mol. The van der Waals surface area contributed by atoms with E-state index in [1.54, 1.807) is 29.2 Å². The zero-order chi connectivity index (χ0) is 22.2. The molecule has 9 heteroatoms. The van der Waals surface area contributed by atoms with E-state index in [1.807, 2.05) is 41.2 Å². The fraction of sp³-hybridized carbons (Fsp3) is 0.208. The molecule has 6 rings (SSSR count). The zero-order valence-corrected chi connectivity index (χ0v) is 17.7. The average Bonchev–Trinajstić information content (AvgIpc) is 3.50. The van der Waals surface area contributed by atoms with E-state index in [9.17, 15) is 4.39 Å². The summed E-state index contributed by atoms with van der Waals surface area (Å²) in [5.74, 6) is -0.510. The van der Waals surface area contributed by atoms with Gasteiger partial charge in [0.15, 0.2) is 6.23 Å². The highest BCUT2D eigenvalue weighted by Gasteiger charge is 2.23. The third kappa shape index (κ3) is 3.56. The van der Waals surface area contributed by atoms with Gasteiger partial charge in [0.1, 0.15) is 11.4 Å². The summed E-state index contributed by atoms with van der Waals surface area (Å²) in [6.45, 7) is 0.706. The predicted octanol–water partition coefficient (Wildman–Crippen LogP) is 4.58. The van der Waals surface area contributed by atoms with Gasteiger partial charge >= 0.3 is 0 Å². The van der Waals surface area contributed by atoms with Crippen LogP contribution in [-0.2, 0) is 4.74 Å². The van der Waals surface area contributed by atoms with Crippen molar-refractivity contribution in [2.24, 2.45) is 0 Å². The van der Waals surface area contributed by atoms with Crippen LogP contribution in [0.5, 0.6) is 0 Å². The van der Waals surface area contributed by atoms with Crippen LogP contribution in [-0.4, -0.2) is 41.3 Å². The van der Waals surface area contributed by atoms with E-state index in [0.717, 1.165) is 41.4 Å². The Morgan fingerprint density at radius 2 is 2.00 bits per heavy atom. The minimum absolute atomic E-state index is 0.149. The van der Waals surface area contributed by atoms with Gasteiger partial charge in [-0.2, -0.15) is 9.49 Å². The van der Waals surface area contributed by atoms with Crippen LogP contribution in [0.1, 0.15) is 25.5 Å². The summed E-state index contributed by atoms with van der Waals surface area (Å²) in [6.07, 6.45) is 9.56. The second-order valence-electron chi connectivity index (χ2n) is 7.95. The summed E-state index contributed by atoms with van der Waals surface area (Å²) < 4.78 is 24.0. The first kappa shape index (κ1) is 19.7. The van der Waals surface area contributed by atoms with Crippen LogP contribution < -0.4 is 0 Å². The molecule has 5 heterocycles. The molecule has 1 saturated heterocycles. The third-order valence-electron chi connectivity index (χ3n) is 5.85. The first-order valence-electron chi connectivity index (χ1n) is 10.9. The maximum atomic E-state index is 14.4. The summed E-state index contributed by atoms with van der Waals surface area (Å²) in [5.41, 5.74) is 4.14. The number of hydrogen-bond acceptors (Lipinski definition) is 6. The number of benzene rings is 1.